The molecule has 0 spiro atoms. The molecule has 0 aromatic carbocycles. The van der Waals surface area contributed by atoms with Gasteiger partial charge in [0.25, 0.3) is 5.91 Å². The highest BCUT2D eigenvalue weighted by Gasteiger charge is 2.24. The van der Waals surface area contributed by atoms with Crippen LogP contribution in [0.1, 0.15) is 35.3 Å². The minimum atomic E-state index is 0.0137. The molecule has 0 saturated carbocycles. The van der Waals surface area contributed by atoms with Crippen molar-refractivity contribution >= 4 is 11.7 Å². The molecule has 0 bridgehead atoms. The first kappa shape index (κ1) is 13.8. The minimum absolute atomic E-state index is 0.0137. The van der Waals surface area contributed by atoms with Gasteiger partial charge in [-0.3, -0.25) is 4.79 Å². The number of hydrogen-bond donors (Lipinski definition) is 2. The van der Waals surface area contributed by atoms with Crippen LogP contribution in [0.25, 0.3) is 0 Å². The number of aliphatic hydroxyl groups excluding tert-OH is 1. The number of rotatable bonds is 3. The predicted molar refractivity (Wildman–Crippen MR) is 73.7 cm³/mol. The van der Waals surface area contributed by atoms with E-state index in [-0.39, 0.29) is 12.5 Å². The number of aromatic nitrogens is 1. The van der Waals surface area contributed by atoms with Crippen LogP contribution in [-0.4, -0.2) is 40.6 Å². The molecule has 5 nitrogen and oxygen atoms in total. The molecule has 1 atom stereocenters. The number of pyridine rings is 1. The van der Waals surface area contributed by atoms with Crippen molar-refractivity contribution in [2.45, 2.75) is 26.2 Å². The van der Waals surface area contributed by atoms with E-state index in [9.17, 15) is 4.79 Å². The molecule has 104 valence electrons. The number of nitrogens with zero attached hydrogens (tertiary/aromatic N) is 2. The number of nitrogens with two attached hydrogens (primary N) is 1. The van der Waals surface area contributed by atoms with E-state index >= 15 is 0 Å². The van der Waals surface area contributed by atoms with E-state index in [0.29, 0.717) is 17.3 Å². The second-order valence-electron chi connectivity index (χ2n) is 5.19. The number of amides is 1. The molecule has 1 aliphatic heterocycles. The third-order valence-electron chi connectivity index (χ3n) is 3.56. The Bertz CT molecular complexity index is 440. The van der Waals surface area contributed by atoms with Gasteiger partial charge in [-0.15, -0.1) is 0 Å². The van der Waals surface area contributed by atoms with Crippen molar-refractivity contribution in [3.8, 4) is 0 Å². The largest absolute Gasteiger partial charge is 0.396 e. The third-order valence-corrected chi connectivity index (χ3v) is 3.56. The van der Waals surface area contributed by atoms with Crippen LogP contribution in [0.3, 0.4) is 0 Å². The molecule has 1 aliphatic rings. The molecule has 1 amide bonds. The number of piperidine rings is 1. The normalized spacial score (nSPS) is 19.5. The van der Waals surface area contributed by atoms with Crippen LogP contribution in [0.5, 0.6) is 0 Å². The molecule has 5 heteroatoms. The van der Waals surface area contributed by atoms with E-state index in [1.54, 1.807) is 12.1 Å². The average molecular weight is 263 g/mol. The third kappa shape index (κ3) is 3.44. The van der Waals surface area contributed by atoms with Gasteiger partial charge in [0.1, 0.15) is 5.82 Å². The first-order valence-electron chi connectivity index (χ1n) is 6.74. The smallest absolute Gasteiger partial charge is 0.254 e. The van der Waals surface area contributed by atoms with Crippen LogP contribution in [0.2, 0.25) is 0 Å². The summed E-state index contributed by atoms with van der Waals surface area (Å²) in [6.07, 6.45) is 2.85. The summed E-state index contributed by atoms with van der Waals surface area (Å²) in [4.78, 5) is 18.4. The Hall–Kier alpha value is -1.62. The van der Waals surface area contributed by atoms with E-state index in [2.05, 4.69) is 4.98 Å². The van der Waals surface area contributed by atoms with Crippen LogP contribution < -0.4 is 5.73 Å². The predicted octanol–water partition coefficient (Wildman–Crippen LogP) is 1.21. The molecule has 0 radical (unpaired) electrons. The topological polar surface area (TPSA) is 79.5 Å². The number of anilines is 1. The van der Waals surface area contributed by atoms with Crippen LogP contribution in [-0.2, 0) is 0 Å². The minimum Gasteiger partial charge on any atom is -0.396 e. The quantitative estimate of drug-likeness (QED) is 0.859. The standard InChI is InChI=1S/C14H21N3O2/c1-10-7-12(8-13(15)16-10)14(19)17-5-2-3-11(9-17)4-6-18/h7-8,11,18H,2-6,9H2,1H3,(H2,15,16). The summed E-state index contributed by atoms with van der Waals surface area (Å²) in [7, 11) is 0. The van der Waals surface area contributed by atoms with Gasteiger partial charge >= 0.3 is 0 Å². The Kier molecular flexibility index (Phi) is 4.37. The Balaban J connectivity index is 2.10. The van der Waals surface area contributed by atoms with Gasteiger partial charge in [0, 0.05) is 31.0 Å². The van der Waals surface area contributed by atoms with Crippen molar-refractivity contribution in [1.29, 1.82) is 0 Å². The van der Waals surface area contributed by atoms with Gasteiger partial charge in [-0.2, -0.15) is 0 Å². The van der Waals surface area contributed by atoms with Gasteiger partial charge in [-0.05, 0) is 44.2 Å². The van der Waals surface area contributed by atoms with Crippen molar-refractivity contribution in [3.05, 3.63) is 23.4 Å². The molecule has 1 unspecified atom stereocenters. The van der Waals surface area contributed by atoms with Crippen molar-refractivity contribution < 1.29 is 9.90 Å². The van der Waals surface area contributed by atoms with E-state index in [1.807, 2.05) is 11.8 Å². The Morgan fingerprint density at radius 2 is 2.37 bits per heavy atom. The second-order valence-corrected chi connectivity index (χ2v) is 5.19. The molecule has 1 aromatic heterocycles. The van der Waals surface area contributed by atoms with Crippen LogP contribution in [0, 0.1) is 12.8 Å². The molecule has 2 rings (SSSR count). The lowest BCUT2D eigenvalue weighted by Crippen LogP contribution is -2.40. The number of nitrogen functional groups attached to an aromatic ring is 1. The average Bonchev–Trinajstić information content (AvgIpc) is 2.37. The van der Waals surface area contributed by atoms with E-state index in [1.165, 1.54) is 0 Å². The summed E-state index contributed by atoms with van der Waals surface area (Å²) in [5.41, 5.74) is 7.05. The fourth-order valence-corrected chi connectivity index (χ4v) is 2.67. The van der Waals surface area contributed by atoms with Crippen LogP contribution in [0.15, 0.2) is 12.1 Å². The Morgan fingerprint density at radius 3 is 3.05 bits per heavy atom. The monoisotopic (exact) mass is 263 g/mol. The highest BCUT2D eigenvalue weighted by atomic mass is 16.3. The molecule has 2 heterocycles. The zero-order valence-corrected chi connectivity index (χ0v) is 11.3. The number of aryl methyl sites for hydroxylation is 1. The molecule has 1 fully saturated rings. The van der Waals surface area contributed by atoms with E-state index in [0.717, 1.165) is 38.0 Å². The van der Waals surface area contributed by atoms with Crippen molar-refractivity contribution in [2.24, 2.45) is 5.92 Å². The number of likely N-dealkylation sites (tertiary alicyclic amines) is 1. The lowest BCUT2D eigenvalue weighted by atomic mass is 9.94. The summed E-state index contributed by atoms with van der Waals surface area (Å²) in [5, 5.41) is 9.00. The first-order valence-corrected chi connectivity index (χ1v) is 6.74. The molecular formula is C14H21N3O2. The fraction of sp³-hybridized carbons (Fsp3) is 0.571. The molecular weight excluding hydrogens is 242 g/mol. The maximum absolute atomic E-state index is 12.4. The van der Waals surface area contributed by atoms with E-state index in [4.69, 9.17) is 10.8 Å². The maximum Gasteiger partial charge on any atom is 0.254 e. The van der Waals surface area contributed by atoms with Gasteiger partial charge in [-0.1, -0.05) is 0 Å². The second kappa shape index (κ2) is 6.02. The Labute approximate surface area is 113 Å². The summed E-state index contributed by atoms with van der Waals surface area (Å²) >= 11 is 0. The molecule has 19 heavy (non-hydrogen) atoms. The number of carbonyl (C=O) groups excluding carboxylic acids is 1. The number of aliphatic hydroxyl groups is 1. The van der Waals surface area contributed by atoms with Gasteiger partial charge in [0.2, 0.25) is 0 Å². The summed E-state index contributed by atoms with van der Waals surface area (Å²) in [6, 6.07) is 3.40. The number of hydrogen-bond acceptors (Lipinski definition) is 4. The highest BCUT2D eigenvalue weighted by molar-refractivity contribution is 5.95. The maximum atomic E-state index is 12.4. The number of carbonyl (C=O) groups is 1. The van der Waals surface area contributed by atoms with Crippen LogP contribution in [0.4, 0.5) is 5.82 Å². The van der Waals surface area contributed by atoms with Crippen molar-refractivity contribution in [3.63, 3.8) is 0 Å². The van der Waals surface area contributed by atoms with Crippen molar-refractivity contribution in [2.75, 3.05) is 25.4 Å². The summed E-state index contributed by atoms with van der Waals surface area (Å²) in [6.45, 7) is 3.52. The molecule has 3 N–H and O–H groups in total. The van der Waals surface area contributed by atoms with Gasteiger partial charge in [-0.25, -0.2) is 4.98 Å². The van der Waals surface area contributed by atoms with E-state index < -0.39 is 0 Å². The zero-order chi connectivity index (χ0) is 13.8. The lowest BCUT2D eigenvalue weighted by molar-refractivity contribution is 0.0653. The fourth-order valence-electron chi connectivity index (χ4n) is 2.67. The lowest BCUT2D eigenvalue weighted by Gasteiger charge is -2.32. The van der Waals surface area contributed by atoms with Gasteiger partial charge in [0.05, 0.1) is 0 Å². The van der Waals surface area contributed by atoms with Crippen molar-refractivity contribution in [1.82, 2.24) is 9.88 Å². The highest BCUT2D eigenvalue weighted by Crippen LogP contribution is 2.21. The zero-order valence-electron chi connectivity index (χ0n) is 11.3. The summed E-state index contributed by atoms with van der Waals surface area (Å²) in [5.74, 6) is 0.801. The molecule has 1 saturated heterocycles. The first-order chi connectivity index (χ1) is 9.10. The van der Waals surface area contributed by atoms with Crippen LogP contribution >= 0.6 is 0 Å². The molecule has 1 aromatic rings. The molecule has 0 aliphatic carbocycles. The SMILES string of the molecule is Cc1cc(C(=O)N2CCCC(CCO)C2)cc(N)n1. The summed E-state index contributed by atoms with van der Waals surface area (Å²) < 4.78 is 0. The van der Waals surface area contributed by atoms with Gasteiger partial charge < -0.3 is 15.7 Å². The Morgan fingerprint density at radius 1 is 1.58 bits per heavy atom. The van der Waals surface area contributed by atoms with Gasteiger partial charge in [0.15, 0.2) is 0 Å².